The van der Waals surface area contributed by atoms with Gasteiger partial charge in [-0.2, -0.15) is 0 Å². The van der Waals surface area contributed by atoms with Gasteiger partial charge in [-0.1, -0.05) is 48.5 Å². The molecule has 2 nitrogen and oxygen atoms in total. The summed E-state index contributed by atoms with van der Waals surface area (Å²) in [7, 11) is 0. The van der Waals surface area contributed by atoms with E-state index in [2.05, 4.69) is 0 Å². The average Bonchev–Trinajstić information content (AvgIpc) is 2.30. The standard InChI is InChI=1S/C13H13NO.ClH/c14-13(10-6-2-1-3-7-10)11-8-4-5-9-12(11)15;/h1-9,13,15H,14H2;1H. The Morgan fingerprint density at radius 3 is 2.06 bits per heavy atom. The monoisotopic (exact) mass is 235 g/mol. The molecule has 0 aromatic heterocycles. The van der Waals surface area contributed by atoms with E-state index >= 15 is 0 Å². The summed E-state index contributed by atoms with van der Waals surface area (Å²) < 4.78 is 0. The van der Waals surface area contributed by atoms with Crippen molar-refractivity contribution in [3.63, 3.8) is 0 Å². The highest BCUT2D eigenvalue weighted by Crippen LogP contribution is 2.26. The molecule has 3 N–H and O–H groups in total. The van der Waals surface area contributed by atoms with Crippen LogP contribution in [0.15, 0.2) is 54.6 Å². The Labute approximate surface area is 101 Å². The van der Waals surface area contributed by atoms with Crippen molar-refractivity contribution in [3.8, 4) is 5.75 Å². The maximum Gasteiger partial charge on any atom is 0.120 e. The Balaban J connectivity index is 0.00000128. The summed E-state index contributed by atoms with van der Waals surface area (Å²) in [5.41, 5.74) is 7.81. The molecule has 0 fully saturated rings. The average molecular weight is 236 g/mol. The largest absolute Gasteiger partial charge is 0.508 e. The Morgan fingerprint density at radius 2 is 1.44 bits per heavy atom. The van der Waals surface area contributed by atoms with E-state index in [-0.39, 0.29) is 24.2 Å². The molecule has 0 radical (unpaired) electrons. The second kappa shape index (κ2) is 5.54. The number of hydrogen-bond acceptors (Lipinski definition) is 2. The van der Waals surface area contributed by atoms with E-state index in [0.29, 0.717) is 0 Å². The van der Waals surface area contributed by atoms with E-state index in [4.69, 9.17) is 5.73 Å². The van der Waals surface area contributed by atoms with Gasteiger partial charge in [-0.15, -0.1) is 12.4 Å². The minimum atomic E-state index is -0.271. The van der Waals surface area contributed by atoms with Crippen LogP contribution < -0.4 is 5.73 Å². The number of phenols is 1. The van der Waals surface area contributed by atoms with Crippen molar-refractivity contribution in [1.82, 2.24) is 0 Å². The molecule has 16 heavy (non-hydrogen) atoms. The van der Waals surface area contributed by atoms with Gasteiger partial charge in [-0.25, -0.2) is 0 Å². The number of benzene rings is 2. The van der Waals surface area contributed by atoms with Crippen LogP contribution in [0.25, 0.3) is 0 Å². The van der Waals surface area contributed by atoms with Gasteiger partial charge in [0.2, 0.25) is 0 Å². The highest BCUT2D eigenvalue weighted by molar-refractivity contribution is 5.85. The first kappa shape index (κ1) is 12.6. The lowest BCUT2D eigenvalue weighted by Crippen LogP contribution is -2.11. The molecular weight excluding hydrogens is 222 g/mol. The van der Waals surface area contributed by atoms with Crippen LogP contribution in [0.3, 0.4) is 0 Å². The van der Waals surface area contributed by atoms with E-state index in [0.717, 1.165) is 11.1 Å². The zero-order chi connectivity index (χ0) is 10.7. The minimum Gasteiger partial charge on any atom is -0.508 e. The van der Waals surface area contributed by atoms with Gasteiger partial charge in [0.15, 0.2) is 0 Å². The summed E-state index contributed by atoms with van der Waals surface area (Å²) in [6.07, 6.45) is 0. The number of halogens is 1. The van der Waals surface area contributed by atoms with E-state index < -0.39 is 0 Å². The Kier molecular flexibility index (Phi) is 4.35. The molecular formula is C13H14ClNO. The lowest BCUT2D eigenvalue weighted by molar-refractivity contribution is 0.465. The molecule has 0 heterocycles. The molecule has 0 saturated heterocycles. The second-order valence-electron chi connectivity index (χ2n) is 3.45. The molecule has 0 aliphatic heterocycles. The predicted octanol–water partition coefficient (Wildman–Crippen LogP) is 2.86. The van der Waals surface area contributed by atoms with Crippen LogP contribution in [0.1, 0.15) is 17.2 Å². The van der Waals surface area contributed by atoms with Crippen molar-refractivity contribution in [2.75, 3.05) is 0 Å². The molecule has 0 spiro atoms. The highest BCUT2D eigenvalue weighted by atomic mass is 35.5. The third-order valence-corrected chi connectivity index (χ3v) is 2.43. The topological polar surface area (TPSA) is 46.2 Å². The van der Waals surface area contributed by atoms with Crippen molar-refractivity contribution in [2.24, 2.45) is 5.73 Å². The van der Waals surface area contributed by atoms with Gasteiger partial charge in [0.05, 0.1) is 6.04 Å². The highest BCUT2D eigenvalue weighted by Gasteiger charge is 2.11. The molecule has 84 valence electrons. The van der Waals surface area contributed by atoms with Crippen LogP contribution >= 0.6 is 12.4 Å². The number of rotatable bonds is 2. The molecule has 2 aromatic rings. The summed E-state index contributed by atoms with van der Waals surface area (Å²) in [5.74, 6) is 0.244. The van der Waals surface area contributed by atoms with Crippen molar-refractivity contribution in [2.45, 2.75) is 6.04 Å². The number of phenolic OH excluding ortho intramolecular Hbond substituents is 1. The molecule has 2 rings (SSSR count). The Morgan fingerprint density at radius 1 is 0.875 bits per heavy atom. The van der Waals surface area contributed by atoms with Crippen molar-refractivity contribution in [3.05, 3.63) is 65.7 Å². The normalized spacial score (nSPS) is 11.6. The van der Waals surface area contributed by atoms with Crippen LogP contribution in [0.5, 0.6) is 5.75 Å². The Hall–Kier alpha value is -1.51. The summed E-state index contributed by atoms with van der Waals surface area (Å²) in [6.45, 7) is 0. The number of para-hydroxylation sites is 1. The fourth-order valence-corrected chi connectivity index (χ4v) is 1.59. The van der Waals surface area contributed by atoms with Gasteiger partial charge in [-0.05, 0) is 11.6 Å². The van der Waals surface area contributed by atoms with Gasteiger partial charge >= 0.3 is 0 Å². The fourth-order valence-electron chi connectivity index (χ4n) is 1.59. The number of aromatic hydroxyl groups is 1. The third-order valence-electron chi connectivity index (χ3n) is 2.43. The molecule has 0 bridgehead atoms. The maximum atomic E-state index is 9.66. The van der Waals surface area contributed by atoms with Crippen molar-refractivity contribution >= 4 is 12.4 Å². The molecule has 0 aliphatic rings. The molecule has 1 atom stereocenters. The first-order valence-electron chi connectivity index (χ1n) is 4.87. The van der Waals surface area contributed by atoms with Gasteiger partial charge in [0.25, 0.3) is 0 Å². The quantitative estimate of drug-likeness (QED) is 0.841. The molecule has 0 amide bonds. The lowest BCUT2D eigenvalue weighted by Gasteiger charge is -2.13. The van der Waals surface area contributed by atoms with Gasteiger partial charge < -0.3 is 10.8 Å². The smallest absolute Gasteiger partial charge is 0.120 e. The fraction of sp³-hybridized carbons (Fsp3) is 0.0769. The molecule has 0 aliphatic carbocycles. The zero-order valence-corrected chi connectivity index (χ0v) is 9.52. The zero-order valence-electron chi connectivity index (χ0n) is 8.71. The van der Waals surface area contributed by atoms with Crippen molar-refractivity contribution in [1.29, 1.82) is 0 Å². The van der Waals surface area contributed by atoms with Crippen LogP contribution in [-0.2, 0) is 0 Å². The van der Waals surface area contributed by atoms with Gasteiger partial charge in [-0.3, -0.25) is 0 Å². The van der Waals surface area contributed by atoms with Crippen molar-refractivity contribution < 1.29 is 5.11 Å². The van der Waals surface area contributed by atoms with Gasteiger partial charge in [0.1, 0.15) is 5.75 Å². The SMILES string of the molecule is Cl.NC(c1ccccc1)c1ccccc1O. The van der Waals surface area contributed by atoms with Crippen LogP contribution in [-0.4, -0.2) is 5.11 Å². The number of nitrogens with two attached hydrogens (primary N) is 1. The first-order chi connectivity index (χ1) is 7.29. The maximum absolute atomic E-state index is 9.66. The Bertz CT molecular complexity index is 445. The number of hydrogen-bond donors (Lipinski definition) is 2. The van der Waals surface area contributed by atoms with E-state index in [1.807, 2.05) is 42.5 Å². The molecule has 1 unspecified atom stereocenters. The lowest BCUT2D eigenvalue weighted by atomic mass is 9.99. The minimum absolute atomic E-state index is 0. The van der Waals surface area contributed by atoms with E-state index in [1.165, 1.54) is 0 Å². The van der Waals surface area contributed by atoms with Crippen LogP contribution in [0.2, 0.25) is 0 Å². The van der Waals surface area contributed by atoms with E-state index in [9.17, 15) is 5.11 Å². The second-order valence-corrected chi connectivity index (χ2v) is 3.45. The summed E-state index contributed by atoms with van der Waals surface area (Å²) in [4.78, 5) is 0. The molecule has 0 saturated carbocycles. The van der Waals surface area contributed by atoms with Crippen LogP contribution in [0, 0.1) is 0 Å². The summed E-state index contributed by atoms with van der Waals surface area (Å²) >= 11 is 0. The molecule has 2 aromatic carbocycles. The summed E-state index contributed by atoms with van der Waals surface area (Å²) in [5, 5.41) is 9.66. The third kappa shape index (κ3) is 2.54. The van der Waals surface area contributed by atoms with Crippen LogP contribution in [0.4, 0.5) is 0 Å². The molecule has 3 heteroatoms. The van der Waals surface area contributed by atoms with Gasteiger partial charge in [0, 0.05) is 5.56 Å². The predicted molar refractivity (Wildman–Crippen MR) is 67.8 cm³/mol. The van der Waals surface area contributed by atoms with E-state index in [1.54, 1.807) is 12.1 Å². The summed E-state index contributed by atoms with van der Waals surface area (Å²) in [6, 6.07) is 16.6. The first-order valence-corrected chi connectivity index (χ1v) is 4.87.